The lowest BCUT2D eigenvalue weighted by Crippen LogP contribution is -2.22. The van der Waals surface area contributed by atoms with Crippen molar-refractivity contribution < 1.29 is 5.11 Å². The first-order valence-corrected chi connectivity index (χ1v) is 5.45. The lowest BCUT2D eigenvalue weighted by Gasteiger charge is -2.14. The summed E-state index contributed by atoms with van der Waals surface area (Å²) in [6.45, 7) is 1.70. The summed E-state index contributed by atoms with van der Waals surface area (Å²) in [6.07, 6.45) is 1.53. The second-order valence-corrected chi connectivity index (χ2v) is 3.92. The molecule has 1 aromatic rings. The predicted molar refractivity (Wildman–Crippen MR) is 56.8 cm³/mol. The van der Waals surface area contributed by atoms with Gasteiger partial charge in [0, 0.05) is 4.90 Å². The summed E-state index contributed by atoms with van der Waals surface area (Å²) in [4.78, 5) is 1.21. The van der Waals surface area contributed by atoms with Crippen LogP contribution >= 0.6 is 11.8 Å². The summed E-state index contributed by atoms with van der Waals surface area (Å²) in [7, 11) is 0. The minimum absolute atomic E-state index is 0.282. The predicted octanol–water partition coefficient (Wildman–Crippen LogP) is 1.79. The average molecular weight is 197 g/mol. The van der Waals surface area contributed by atoms with Crippen molar-refractivity contribution in [3.05, 3.63) is 29.8 Å². The molecule has 0 amide bonds. The third-order valence-corrected chi connectivity index (χ3v) is 2.76. The quantitative estimate of drug-likeness (QED) is 0.726. The highest BCUT2D eigenvalue weighted by Crippen LogP contribution is 2.19. The van der Waals surface area contributed by atoms with Gasteiger partial charge in [0.15, 0.2) is 0 Å². The van der Waals surface area contributed by atoms with Crippen molar-refractivity contribution in [1.29, 1.82) is 0 Å². The van der Waals surface area contributed by atoms with Gasteiger partial charge in [-0.2, -0.15) is 0 Å². The van der Waals surface area contributed by atoms with Crippen LogP contribution in [0.4, 0.5) is 0 Å². The van der Waals surface area contributed by atoms with E-state index in [0.717, 1.165) is 5.56 Å². The van der Waals surface area contributed by atoms with E-state index in [4.69, 9.17) is 5.73 Å². The lowest BCUT2D eigenvalue weighted by atomic mass is 10.0. The van der Waals surface area contributed by atoms with Crippen LogP contribution in [0.25, 0.3) is 0 Å². The Labute approximate surface area is 83.1 Å². The maximum atomic E-state index is 9.27. The first-order chi connectivity index (χ1) is 6.15. The molecule has 2 atom stereocenters. The molecule has 3 heteroatoms. The standard InChI is InChI=1S/C10H15NOS/c1-7(12)10(11)8-3-5-9(13-2)6-4-8/h3-7,10,12H,11H2,1-2H3/t7-,10-/m1/s1. The summed E-state index contributed by atoms with van der Waals surface area (Å²) in [5.74, 6) is 0. The first-order valence-electron chi connectivity index (χ1n) is 4.22. The van der Waals surface area contributed by atoms with Crippen LogP contribution in [0.5, 0.6) is 0 Å². The molecule has 0 aliphatic rings. The van der Waals surface area contributed by atoms with Crippen LogP contribution in [0.15, 0.2) is 29.2 Å². The van der Waals surface area contributed by atoms with Gasteiger partial charge in [-0.1, -0.05) is 12.1 Å². The Morgan fingerprint density at radius 3 is 2.23 bits per heavy atom. The van der Waals surface area contributed by atoms with E-state index >= 15 is 0 Å². The van der Waals surface area contributed by atoms with Crippen LogP contribution in [0, 0.1) is 0 Å². The monoisotopic (exact) mass is 197 g/mol. The zero-order valence-electron chi connectivity index (χ0n) is 7.90. The molecular weight excluding hydrogens is 182 g/mol. The van der Waals surface area contributed by atoms with Gasteiger partial charge in [-0.25, -0.2) is 0 Å². The molecule has 0 unspecified atom stereocenters. The van der Waals surface area contributed by atoms with Crippen LogP contribution in [0.1, 0.15) is 18.5 Å². The highest BCUT2D eigenvalue weighted by Gasteiger charge is 2.10. The van der Waals surface area contributed by atoms with Gasteiger partial charge >= 0.3 is 0 Å². The molecule has 1 aromatic carbocycles. The molecular formula is C10H15NOS. The Morgan fingerprint density at radius 2 is 1.85 bits per heavy atom. The fourth-order valence-corrected chi connectivity index (χ4v) is 1.51. The Balaban J connectivity index is 2.79. The molecule has 0 aliphatic carbocycles. The average Bonchev–Trinajstić information content (AvgIpc) is 2.17. The molecule has 0 aromatic heterocycles. The normalized spacial score (nSPS) is 15.4. The van der Waals surface area contributed by atoms with Crippen molar-refractivity contribution in [3.8, 4) is 0 Å². The van der Waals surface area contributed by atoms with E-state index in [0.29, 0.717) is 0 Å². The minimum Gasteiger partial charge on any atom is -0.391 e. The molecule has 13 heavy (non-hydrogen) atoms. The number of thioether (sulfide) groups is 1. The smallest absolute Gasteiger partial charge is 0.0704 e. The third-order valence-electron chi connectivity index (χ3n) is 2.02. The van der Waals surface area contributed by atoms with Crippen LogP contribution in [0.3, 0.4) is 0 Å². The molecule has 0 aliphatic heterocycles. The lowest BCUT2D eigenvalue weighted by molar-refractivity contribution is 0.164. The summed E-state index contributed by atoms with van der Waals surface area (Å²) >= 11 is 1.69. The fourth-order valence-electron chi connectivity index (χ4n) is 1.10. The van der Waals surface area contributed by atoms with Gasteiger partial charge in [0.2, 0.25) is 0 Å². The highest BCUT2D eigenvalue weighted by atomic mass is 32.2. The van der Waals surface area contributed by atoms with Crippen LogP contribution < -0.4 is 5.73 Å². The zero-order valence-corrected chi connectivity index (χ0v) is 8.71. The Bertz CT molecular complexity index is 258. The molecule has 0 heterocycles. The summed E-state index contributed by atoms with van der Waals surface area (Å²) in [5, 5.41) is 9.27. The second-order valence-electron chi connectivity index (χ2n) is 3.04. The summed E-state index contributed by atoms with van der Waals surface area (Å²) < 4.78 is 0. The number of hydrogen-bond acceptors (Lipinski definition) is 3. The van der Waals surface area contributed by atoms with Gasteiger partial charge < -0.3 is 10.8 Å². The number of hydrogen-bond donors (Lipinski definition) is 2. The van der Waals surface area contributed by atoms with Crippen molar-refractivity contribution in [2.45, 2.75) is 24.0 Å². The van der Waals surface area contributed by atoms with Crippen LogP contribution in [-0.4, -0.2) is 17.5 Å². The second kappa shape index (κ2) is 4.65. The van der Waals surface area contributed by atoms with Gasteiger partial charge in [-0.05, 0) is 30.9 Å². The largest absolute Gasteiger partial charge is 0.391 e. The van der Waals surface area contributed by atoms with E-state index < -0.39 is 6.10 Å². The molecule has 0 saturated carbocycles. The zero-order chi connectivity index (χ0) is 9.84. The molecule has 0 bridgehead atoms. The highest BCUT2D eigenvalue weighted by molar-refractivity contribution is 7.98. The van der Waals surface area contributed by atoms with Crippen molar-refractivity contribution >= 4 is 11.8 Å². The Kier molecular flexibility index (Phi) is 3.78. The van der Waals surface area contributed by atoms with Crippen molar-refractivity contribution in [2.75, 3.05) is 6.26 Å². The van der Waals surface area contributed by atoms with E-state index in [1.54, 1.807) is 18.7 Å². The summed E-state index contributed by atoms with van der Waals surface area (Å²) in [5.41, 5.74) is 6.75. The van der Waals surface area contributed by atoms with E-state index in [-0.39, 0.29) is 6.04 Å². The van der Waals surface area contributed by atoms with Crippen molar-refractivity contribution in [3.63, 3.8) is 0 Å². The number of nitrogens with two attached hydrogens (primary N) is 1. The number of aliphatic hydroxyl groups is 1. The van der Waals surface area contributed by atoms with Gasteiger partial charge in [-0.15, -0.1) is 11.8 Å². The van der Waals surface area contributed by atoms with Gasteiger partial charge in [0.05, 0.1) is 12.1 Å². The molecule has 0 spiro atoms. The van der Waals surface area contributed by atoms with Gasteiger partial charge in [-0.3, -0.25) is 0 Å². The number of rotatable bonds is 3. The molecule has 2 nitrogen and oxygen atoms in total. The Hall–Kier alpha value is -0.510. The minimum atomic E-state index is -0.500. The Morgan fingerprint density at radius 1 is 1.31 bits per heavy atom. The molecule has 0 fully saturated rings. The van der Waals surface area contributed by atoms with Crippen molar-refractivity contribution in [1.82, 2.24) is 0 Å². The maximum Gasteiger partial charge on any atom is 0.0704 e. The molecule has 1 rings (SSSR count). The topological polar surface area (TPSA) is 46.2 Å². The van der Waals surface area contributed by atoms with E-state index in [9.17, 15) is 5.11 Å². The molecule has 0 radical (unpaired) electrons. The van der Waals surface area contributed by atoms with Crippen LogP contribution in [0.2, 0.25) is 0 Å². The number of aliphatic hydroxyl groups excluding tert-OH is 1. The third kappa shape index (κ3) is 2.72. The SMILES string of the molecule is CSc1ccc([C@H](N)[C@@H](C)O)cc1. The van der Waals surface area contributed by atoms with E-state index in [2.05, 4.69) is 0 Å². The maximum absolute atomic E-state index is 9.27. The van der Waals surface area contributed by atoms with Crippen LogP contribution in [-0.2, 0) is 0 Å². The van der Waals surface area contributed by atoms with Gasteiger partial charge in [0.1, 0.15) is 0 Å². The molecule has 3 N–H and O–H groups in total. The van der Waals surface area contributed by atoms with E-state index in [1.807, 2.05) is 30.5 Å². The summed E-state index contributed by atoms with van der Waals surface area (Å²) in [6, 6.07) is 7.67. The fraction of sp³-hybridized carbons (Fsp3) is 0.400. The van der Waals surface area contributed by atoms with E-state index in [1.165, 1.54) is 4.90 Å². The van der Waals surface area contributed by atoms with Crippen molar-refractivity contribution in [2.24, 2.45) is 5.73 Å². The molecule has 0 saturated heterocycles. The molecule has 72 valence electrons. The number of benzene rings is 1. The first kappa shape index (κ1) is 10.6. The van der Waals surface area contributed by atoms with Gasteiger partial charge in [0.25, 0.3) is 0 Å².